The molecular formula is C8H14F3N. The minimum atomic E-state index is -4.04. The fourth-order valence-electron chi connectivity index (χ4n) is 1.62. The van der Waals surface area contributed by atoms with Crippen LogP contribution in [0, 0.1) is 0 Å². The highest BCUT2D eigenvalue weighted by Gasteiger charge is 2.33. The molecule has 0 N–H and O–H groups in total. The molecule has 0 unspecified atom stereocenters. The number of hydrogen-bond donors (Lipinski definition) is 0. The van der Waals surface area contributed by atoms with E-state index in [-0.39, 0.29) is 6.04 Å². The predicted octanol–water partition coefficient (Wildman–Crippen LogP) is 2.42. The summed E-state index contributed by atoms with van der Waals surface area (Å²) < 4.78 is 35.9. The molecule has 1 rings (SSSR count). The fourth-order valence-corrected chi connectivity index (χ4v) is 1.62. The number of hydrogen-bond acceptors (Lipinski definition) is 1. The Morgan fingerprint density at radius 1 is 1.33 bits per heavy atom. The Labute approximate surface area is 70.5 Å². The van der Waals surface area contributed by atoms with Gasteiger partial charge < -0.3 is 0 Å². The lowest BCUT2D eigenvalue weighted by Crippen LogP contribution is -2.43. The molecule has 0 aromatic carbocycles. The molecule has 1 nitrogen and oxygen atoms in total. The lowest BCUT2D eigenvalue weighted by atomic mass is 10.0. The summed E-state index contributed by atoms with van der Waals surface area (Å²) in [5.74, 6) is 0. The molecule has 0 saturated carbocycles. The van der Waals surface area contributed by atoms with Crippen LogP contribution < -0.4 is 0 Å². The third-order valence-corrected chi connectivity index (χ3v) is 2.32. The number of nitrogens with zero attached hydrogens (tertiary/aromatic N) is 1. The Hall–Kier alpha value is -0.250. The van der Waals surface area contributed by atoms with Crippen LogP contribution in [0.25, 0.3) is 0 Å². The average Bonchev–Trinajstić information content (AvgIpc) is 1.91. The maximum absolute atomic E-state index is 12.0. The highest BCUT2D eigenvalue weighted by Crippen LogP contribution is 2.22. The lowest BCUT2D eigenvalue weighted by molar-refractivity contribution is -0.152. The van der Waals surface area contributed by atoms with E-state index in [0.29, 0.717) is 6.54 Å². The van der Waals surface area contributed by atoms with Crippen molar-refractivity contribution >= 4 is 0 Å². The predicted molar refractivity (Wildman–Crippen MR) is 40.9 cm³/mol. The van der Waals surface area contributed by atoms with E-state index in [2.05, 4.69) is 0 Å². The Bertz CT molecular complexity index is 144. The Kier molecular flexibility index (Phi) is 2.99. The number of piperidine rings is 1. The summed E-state index contributed by atoms with van der Waals surface area (Å²) in [6.07, 6.45) is -1.17. The van der Waals surface area contributed by atoms with Crippen LogP contribution in [0.15, 0.2) is 0 Å². The second kappa shape index (κ2) is 3.64. The van der Waals surface area contributed by atoms with Crippen LogP contribution in [0.2, 0.25) is 0 Å². The number of likely N-dealkylation sites (tertiary alicyclic amines) is 1. The minimum Gasteiger partial charge on any atom is -0.292 e. The fraction of sp³-hybridized carbons (Fsp3) is 1.00. The van der Waals surface area contributed by atoms with Crippen LogP contribution >= 0.6 is 0 Å². The van der Waals surface area contributed by atoms with Crippen molar-refractivity contribution in [2.24, 2.45) is 0 Å². The number of halogens is 3. The average molecular weight is 181 g/mol. The van der Waals surface area contributed by atoms with Crippen molar-refractivity contribution in [1.82, 2.24) is 4.90 Å². The molecule has 0 amide bonds. The van der Waals surface area contributed by atoms with Crippen molar-refractivity contribution in [3.63, 3.8) is 0 Å². The van der Waals surface area contributed by atoms with Crippen LogP contribution in [0.1, 0.15) is 26.2 Å². The standard InChI is InChI=1S/C8H14F3N/c1-7-4-2-3-5-12(7)6-8(9,10)11/h7H,2-6H2,1H3/t7-/m0/s1. The molecule has 0 radical (unpaired) electrons. The van der Waals surface area contributed by atoms with Crippen molar-refractivity contribution in [2.75, 3.05) is 13.1 Å². The molecule has 1 heterocycles. The van der Waals surface area contributed by atoms with Gasteiger partial charge in [-0.2, -0.15) is 13.2 Å². The molecule has 1 aliphatic heterocycles. The van der Waals surface area contributed by atoms with Crippen molar-refractivity contribution < 1.29 is 13.2 Å². The van der Waals surface area contributed by atoms with E-state index in [1.54, 1.807) is 0 Å². The highest BCUT2D eigenvalue weighted by molar-refractivity contribution is 4.74. The number of alkyl halides is 3. The topological polar surface area (TPSA) is 3.24 Å². The van der Waals surface area contributed by atoms with Crippen molar-refractivity contribution in [1.29, 1.82) is 0 Å². The zero-order valence-corrected chi connectivity index (χ0v) is 7.19. The van der Waals surface area contributed by atoms with Gasteiger partial charge >= 0.3 is 6.18 Å². The molecule has 0 spiro atoms. The first kappa shape index (κ1) is 9.84. The van der Waals surface area contributed by atoms with E-state index in [4.69, 9.17) is 0 Å². The minimum absolute atomic E-state index is 0.0976. The summed E-state index contributed by atoms with van der Waals surface area (Å²) in [7, 11) is 0. The zero-order chi connectivity index (χ0) is 9.19. The van der Waals surface area contributed by atoms with Crippen molar-refractivity contribution in [2.45, 2.75) is 38.4 Å². The van der Waals surface area contributed by atoms with Gasteiger partial charge in [0.15, 0.2) is 0 Å². The third kappa shape index (κ3) is 3.01. The smallest absolute Gasteiger partial charge is 0.292 e. The van der Waals surface area contributed by atoms with Gasteiger partial charge in [0.05, 0.1) is 6.54 Å². The summed E-state index contributed by atoms with van der Waals surface area (Å²) in [5, 5.41) is 0. The summed E-state index contributed by atoms with van der Waals surface area (Å²) in [6.45, 7) is 1.72. The molecule has 0 aliphatic carbocycles. The van der Waals surface area contributed by atoms with E-state index >= 15 is 0 Å². The van der Waals surface area contributed by atoms with E-state index < -0.39 is 12.7 Å². The first-order valence-corrected chi connectivity index (χ1v) is 4.30. The first-order chi connectivity index (χ1) is 5.49. The molecule has 1 saturated heterocycles. The number of rotatable bonds is 1. The molecule has 0 aromatic heterocycles. The molecule has 1 fully saturated rings. The van der Waals surface area contributed by atoms with Crippen molar-refractivity contribution in [3.05, 3.63) is 0 Å². The maximum Gasteiger partial charge on any atom is 0.401 e. The molecule has 12 heavy (non-hydrogen) atoms. The van der Waals surface area contributed by atoms with Gasteiger partial charge in [-0.25, -0.2) is 0 Å². The summed E-state index contributed by atoms with van der Waals surface area (Å²) in [6, 6.07) is 0.0976. The van der Waals surface area contributed by atoms with Gasteiger partial charge in [-0.05, 0) is 26.3 Å². The van der Waals surface area contributed by atoms with Gasteiger partial charge in [-0.15, -0.1) is 0 Å². The van der Waals surface area contributed by atoms with Crippen molar-refractivity contribution in [3.8, 4) is 0 Å². The second-order valence-electron chi connectivity index (χ2n) is 3.43. The molecule has 0 aromatic rings. The second-order valence-corrected chi connectivity index (χ2v) is 3.43. The molecule has 1 aliphatic rings. The van der Waals surface area contributed by atoms with Crippen LogP contribution in [0.3, 0.4) is 0 Å². The Morgan fingerprint density at radius 2 is 2.00 bits per heavy atom. The molecule has 1 atom stereocenters. The Balaban J connectivity index is 2.39. The van der Waals surface area contributed by atoms with Crippen LogP contribution in [-0.4, -0.2) is 30.2 Å². The van der Waals surface area contributed by atoms with Gasteiger partial charge in [-0.1, -0.05) is 6.42 Å². The Morgan fingerprint density at radius 3 is 2.50 bits per heavy atom. The SMILES string of the molecule is C[C@H]1CCCCN1CC(F)(F)F. The van der Waals surface area contributed by atoms with Crippen LogP contribution in [0.4, 0.5) is 13.2 Å². The van der Waals surface area contributed by atoms with E-state index in [1.807, 2.05) is 6.92 Å². The van der Waals surface area contributed by atoms with E-state index in [9.17, 15) is 13.2 Å². The monoisotopic (exact) mass is 181 g/mol. The van der Waals surface area contributed by atoms with Gasteiger partial charge in [-0.3, -0.25) is 4.90 Å². The van der Waals surface area contributed by atoms with Gasteiger partial charge in [0, 0.05) is 6.04 Å². The van der Waals surface area contributed by atoms with Gasteiger partial charge in [0.2, 0.25) is 0 Å². The third-order valence-electron chi connectivity index (χ3n) is 2.32. The summed E-state index contributed by atoms with van der Waals surface area (Å²) in [4.78, 5) is 1.52. The van der Waals surface area contributed by atoms with Gasteiger partial charge in [0.25, 0.3) is 0 Å². The largest absolute Gasteiger partial charge is 0.401 e. The van der Waals surface area contributed by atoms with E-state index in [1.165, 1.54) is 4.90 Å². The highest BCUT2D eigenvalue weighted by atomic mass is 19.4. The van der Waals surface area contributed by atoms with Gasteiger partial charge in [0.1, 0.15) is 0 Å². The van der Waals surface area contributed by atoms with E-state index in [0.717, 1.165) is 19.3 Å². The zero-order valence-electron chi connectivity index (χ0n) is 7.19. The quantitative estimate of drug-likeness (QED) is 0.600. The molecular weight excluding hydrogens is 167 g/mol. The summed E-state index contributed by atoms with van der Waals surface area (Å²) in [5.41, 5.74) is 0. The van der Waals surface area contributed by atoms with Crippen LogP contribution in [0.5, 0.6) is 0 Å². The summed E-state index contributed by atoms with van der Waals surface area (Å²) >= 11 is 0. The maximum atomic E-state index is 12.0. The molecule has 72 valence electrons. The lowest BCUT2D eigenvalue weighted by Gasteiger charge is -2.33. The van der Waals surface area contributed by atoms with Crippen LogP contribution in [-0.2, 0) is 0 Å². The normalized spacial score (nSPS) is 27.5. The first-order valence-electron chi connectivity index (χ1n) is 4.30. The molecule has 0 bridgehead atoms. The molecule has 4 heteroatoms.